The molecule has 1 fully saturated rings. The van der Waals surface area contributed by atoms with E-state index in [0.29, 0.717) is 44.0 Å². The van der Waals surface area contributed by atoms with E-state index in [4.69, 9.17) is 15.2 Å². The van der Waals surface area contributed by atoms with Gasteiger partial charge in [-0.1, -0.05) is 6.07 Å². The number of fused-ring (bicyclic) bond motifs is 1. The van der Waals surface area contributed by atoms with Crippen LogP contribution in [-0.2, 0) is 20.9 Å². The monoisotopic (exact) mass is 347 g/mol. The molecule has 2 N–H and O–H groups in total. The van der Waals surface area contributed by atoms with Gasteiger partial charge in [0.05, 0.1) is 5.92 Å². The molecule has 0 radical (unpaired) electrons. The summed E-state index contributed by atoms with van der Waals surface area (Å²) in [5.74, 6) is 0.437. The average molecular weight is 347 g/mol. The van der Waals surface area contributed by atoms with Gasteiger partial charge in [-0.15, -0.1) is 0 Å². The number of amides is 3. The first-order valence-corrected chi connectivity index (χ1v) is 8.24. The third-order valence-corrected chi connectivity index (χ3v) is 4.39. The highest BCUT2D eigenvalue weighted by Crippen LogP contribution is 2.33. The van der Waals surface area contributed by atoms with Crippen molar-refractivity contribution >= 4 is 18.2 Å². The third kappa shape index (κ3) is 3.74. The number of imide groups is 1. The van der Waals surface area contributed by atoms with Crippen molar-refractivity contribution in [3.63, 3.8) is 0 Å². The number of nitrogens with zero attached hydrogens (tertiary/aromatic N) is 2. The van der Waals surface area contributed by atoms with Crippen molar-refractivity contribution in [3.8, 4) is 11.5 Å². The Morgan fingerprint density at radius 3 is 2.92 bits per heavy atom. The molecule has 2 heterocycles. The topological polar surface area (TPSA) is 102 Å². The second kappa shape index (κ2) is 7.52. The number of ether oxygens (including phenoxy) is 2. The van der Waals surface area contributed by atoms with Gasteiger partial charge in [0.1, 0.15) is 0 Å². The highest BCUT2D eigenvalue weighted by atomic mass is 16.7. The molecule has 1 aromatic carbocycles. The zero-order valence-corrected chi connectivity index (χ0v) is 13.8. The highest BCUT2D eigenvalue weighted by Gasteiger charge is 2.36. The number of carbonyl (C=O) groups excluding carboxylic acids is 3. The zero-order valence-electron chi connectivity index (χ0n) is 13.8. The first kappa shape index (κ1) is 17.2. The summed E-state index contributed by atoms with van der Waals surface area (Å²) in [5, 5.41) is 0. The molecule has 0 aliphatic carbocycles. The molecule has 25 heavy (non-hydrogen) atoms. The van der Waals surface area contributed by atoms with Gasteiger partial charge in [-0.05, 0) is 30.7 Å². The normalized spacial score (nSPS) is 18.5. The van der Waals surface area contributed by atoms with E-state index in [2.05, 4.69) is 0 Å². The number of likely N-dealkylation sites (tertiary alicyclic amines) is 1. The molecule has 8 heteroatoms. The summed E-state index contributed by atoms with van der Waals surface area (Å²) in [6, 6.07) is 5.51. The highest BCUT2D eigenvalue weighted by molar-refractivity contribution is 5.93. The van der Waals surface area contributed by atoms with E-state index < -0.39 is 5.92 Å². The maximum Gasteiger partial charge on any atom is 0.234 e. The fraction of sp³-hybridized carbons (Fsp3) is 0.471. The van der Waals surface area contributed by atoms with Crippen LogP contribution in [0.4, 0.5) is 0 Å². The Morgan fingerprint density at radius 1 is 1.36 bits per heavy atom. The molecule has 1 unspecified atom stereocenters. The molecule has 2 aliphatic rings. The van der Waals surface area contributed by atoms with Gasteiger partial charge >= 0.3 is 0 Å². The van der Waals surface area contributed by atoms with Crippen LogP contribution in [0.5, 0.6) is 11.5 Å². The Bertz CT molecular complexity index is 678. The quantitative estimate of drug-likeness (QED) is 0.702. The van der Waals surface area contributed by atoms with Crippen LogP contribution in [0.1, 0.15) is 18.4 Å². The van der Waals surface area contributed by atoms with Gasteiger partial charge in [0.25, 0.3) is 0 Å². The molecule has 0 spiro atoms. The van der Waals surface area contributed by atoms with Gasteiger partial charge in [-0.2, -0.15) is 0 Å². The van der Waals surface area contributed by atoms with Gasteiger partial charge in [-0.25, -0.2) is 0 Å². The van der Waals surface area contributed by atoms with Crippen LogP contribution in [0.25, 0.3) is 0 Å². The number of benzene rings is 1. The van der Waals surface area contributed by atoms with Crippen molar-refractivity contribution in [2.24, 2.45) is 11.7 Å². The van der Waals surface area contributed by atoms with Crippen LogP contribution in [0.3, 0.4) is 0 Å². The second-order valence-corrected chi connectivity index (χ2v) is 6.14. The predicted molar refractivity (Wildman–Crippen MR) is 87.5 cm³/mol. The summed E-state index contributed by atoms with van der Waals surface area (Å²) in [5.41, 5.74) is 6.32. The van der Waals surface area contributed by atoms with Crippen molar-refractivity contribution in [3.05, 3.63) is 23.8 Å². The number of nitrogens with two attached hydrogens (primary N) is 1. The summed E-state index contributed by atoms with van der Waals surface area (Å²) in [6.45, 7) is 1.58. The van der Waals surface area contributed by atoms with E-state index in [9.17, 15) is 14.4 Å². The summed E-state index contributed by atoms with van der Waals surface area (Å²) in [7, 11) is 0. The predicted octanol–water partition coefficient (Wildman–Crippen LogP) is 0.0976. The first-order valence-electron chi connectivity index (χ1n) is 8.24. The van der Waals surface area contributed by atoms with Crippen LogP contribution < -0.4 is 15.2 Å². The molecule has 1 atom stereocenters. The maximum absolute atomic E-state index is 12.4. The summed E-state index contributed by atoms with van der Waals surface area (Å²) in [4.78, 5) is 38.5. The number of hydrogen-bond donors (Lipinski definition) is 1. The molecule has 0 saturated carbocycles. The van der Waals surface area contributed by atoms with Gasteiger partial charge < -0.3 is 20.1 Å². The fourth-order valence-electron chi connectivity index (χ4n) is 3.06. The molecule has 0 bridgehead atoms. The Kier molecular flexibility index (Phi) is 5.18. The lowest BCUT2D eigenvalue weighted by Gasteiger charge is -2.20. The maximum atomic E-state index is 12.4. The van der Waals surface area contributed by atoms with E-state index in [1.165, 1.54) is 0 Å². The lowest BCUT2D eigenvalue weighted by Crippen LogP contribution is -2.37. The lowest BCUT2D eigenvalue weighted by atomic mass is 10.1. The molecule has 134 valence electrons. The van der Waals surface area contributed by atoms with Gasteiger partial charge in [0.2, 0.25) is 25.0 Å². The largest absolute Gasteiger partial charge is 0.454 e. The van der Waals surface area contributed by atoms with Crippen molar-refractivity contribution in [2.75, 3.05) is 26.4 Å². The Labute approximate surface area is 145 Å². The number of rotatable bonds is 7. The first-order chi connectivity index (χ1) is 12.1. The molecule has 2 aliphatic heterocycles. The molecular formula is C17H21N3O5. The summed E-state index contributed by atoms with van der Waals surface area (Å²) < 4.78 is 10.6. The van der Waals surface area contributed by atoms with Crippen molar-refractivity contribution in [1.29, 1.82) is 0 Å². The Balaban J connectivity index is 1.62. The van der Waals surface area contributed by atoms with E-state index in [-0.39, 0.29) is 31.6 Å². The zero-order chi connectivity index (χ0) is 17.8. The summed E-state index contributed by atoms with van der Waals surface area (Å²) >= 11 is 0. The minimum absolute atomic E-state index is 0.0966. The van der Waals surface area contributed by atoms with Crippen molar-refractivity contribution in [2.45, 2.75) is 19.4 Å². The fourth-order valence-corrected chi connectivity index (χ4v) is 3.06. The second-order valence-electron chi connectivity index (χ2n) is 6.14. The molecule has 3 rings (SSSR count). The smallest absolute Gasteiger partial charge is 0.234 e. The van der Waals surface area contributed by atoms with Gasteiger partial charge in [-0.3, -0.25) is 19.3 Å². The number of hydrogen-bond acceptors (Lipinski definition) is 6. The van der Waals surface area contributed by atoms with Crippen LogP contribution in [0.15, 0.2) is 18.2 Å². The van der Waals surface area contributed by atoms with Crippen LogP contribution in [-0.4, -0.2) is 54.5 Å². The van der Waals surface area contributed by atoms with Crippen LogP contribution in [0, 0.1) is 5.92 Å². The van der Waals surface area contributed by atoms with E-state index >= 15 is 0 Å². The van der Waals surface area contributed by atoms with Crippen LogP contribution >= 0.6 is 0 Å². The molecule has 3 amide bonds. The minimum Gasteiger partial charge on any atom is -0.454 e. The van der Waals surface area contributed by atoms with Crippen molar-refractivity contribution in [1.82, 2.24) is 9.80 Å². The summed E-state index contributed by atoms with van der Waals surface area (Å²) in [6.07, 6.45) is 1.19. The SMILES string of the molecule is NCCCN(C=O)C(=O)C1CC(=O)N(Cc2ccc3c(c2)OCO3)C1. The van der Waals surface area contributed by atoms with E-state index in [1.807, 2.05) is 18.2 Å². The third-order valence-electron chi connectivity index (χ3n) is 4.39. The van der Waals surface area contributed by atoms with Crippen molar-refractivity contribution < 1.29 is 23.9 Å². The Morgan fingerprint density at radius 2 is 2.16 bits per heavy atom. The molecule has 1 aromatic rings. The van der Waals surface area contributed by atoms with Gasteiger partial charge in [0.15, 0.2) is 11.5 Å². The van der Waals surface area contributed by atoms with Crippen LogP contribution in [0.2, 0.25) is 0 Å². The minimum atomic E-state index is -0.496. The van der Waals surface area contributed by atoms with Gasteiger partial charge in [0, 0.05) is 26.1 Å². The van der Waals surface area contributed by atoms with E-state index in [1.54, 1.807) is 4.90 Å². The molecule has 0 aromatic heterocycles. The average Bonchev–Trinajstić information content (AvgIpc) is 3.22. The standard InChI is InChI=1S/C17H21N3O5/c18-4-1-5-19(10-21)17(23)13-7-16(22)20(9-13)8-12-2-3-14-15(6-12)25-11-24-14/h2-3,6,10,13H,1,4-5,7-9,11,18H2. The Hall–Kier alpha value is -2.61. The lowest BCUT2D eigenvalue weighted by molar-refractivity contribution is -0.141. The molecule has 1 saturated heterocycles. The molecular weight excluding hydrogens is 326 g/mol. The number of carbonyl (C=O) groups is 3. The van der Waals surface area contributed by atoms with E-state index in [0.717, 1.165) is 10.5 Å². The molecule has 8 nitrogen and oxygen atoms in total.